The number of amides is 1. The van der Waals surface area contributed by atoms with Crippen LogP contribution >= 0.6 is 7.60 Å². The van der Waals surface area contributed by atoms with Crippen molar-refractivity contribution in [2.45, 2.75) is 32.6 Å². The summed E-state index contributed by atoms with van der Waals surface area (Å²) in [6.45, 7) is 4.03. The highest BCUT2D eigenvalue weighted by molar-refractivity contribution is 7.52. The number of nitrogens with zero attached hydrogens (tertiary/aromatic N) is 2. The smallest absolute Gasteiger partial charge is 0.347 e. The summed E-state index contributed by atoms with van der Waals surface area (Å²) in [7, 11) is -4.44. The van der Waals surface area contributed by atoms with Gasteiger partial charge in [-0.3, -0.25) is 14.2 Å². The molecule has 33 heavy (non-hydrogen) atoms. The summed E-state index contributed by atoms with van der Waals surface area (Å²) in [4.78, 5) is 52.3. The Morgan fingerprint density at radius 1 is 1.27 bits per heavy atom. The number of hydrogen-bond donors (Lipinski definition) is 4. The van der Waals surface area contributed by atoms with Crippen LogP contribution in [0, 0.1) is 19.3 Å². The maximum absolute atomic E-state index is 12.4. The molecule has 4 N–H and O–H groups in total. The van der Waals surface area contributed by atoms with Crippen LogP contribution in [0.15, 0.2) is 47.3 Å². The Morgan fingerprint density at radius 2 is 1.97 bits per heavy atom. The molecule has 0 bridgehead atoms. The van der Waals surface area contributed by atoms with Gasteiger partial charge in [0, 0.05) is 17.8 Å². The van der Waals surface area contributed by atoms with E-state index in [1.165, 1.54) is 0 Å². The van der Waals surface area contributed by atoms with E-state index < -0.39 is 19.3 Å². The molecule has 0 saturated heterocycles. The molecule has 0 radical (unpaired) electrons. The quantitative estimate of drug-likeness (QED) is 0.295. The average Bonchev–Trinajstić information content (AvgIpc) is 2.76. The monoisotopic (exact) mass is 468 g/mol. The number of terminal acetylenes is 1. The van der Waals surface area contributed by atoms with E-state index in [1.54, 1.807) is 50.2 Å². The Hall–Kier alpha value is -3.44. The minimum atomic E-state index is -4.44. The molecule has 1 amide bonds. The molecule has 0 aliphatic heterocycles. The first-order chi connectivity index (χ1) is 15.6. The molecule has 0 aliphatic rings. The second-order valence-electron chi connectivity index (χ2n) is 7.60. The number of aryl methyl sites for hydroxylation is 1. The summed E-state index contributed by atoms with van der Waals surface area (Å²) in [5, 5.41) is 2.86. The standard InChI is InChI=1S/C23H25N4O5P/c1-4-12-27(14-16-6-11-20-19(13-16)23(29)25-15(3)24-20)18-9-7-17(8-10-18)22(28)26-21(5-2)33(30,31)32/h1,6-11,13,21H,5,12,14H2,2-3H3,(H,26,28)(H,24,25,29)(H2,30,31,32). The van der Waals surface area contributed by atoms with Gasteiger partial charge in [-0.05, 0) is 55.3 Å². The van der Waals surface area contributed by atoms with E-state index in [9.17, 15) is 23.9 Å². The van der Waals surface area contributed by atoms with Crippen molar-refractivity contribution in [3.05, 3.63) is 69.8 Å². The van der Waals surface area contributed by atoms with Crippen LogP contribution in [-0.2, 0) is 11.1 Å². The number of fused-ring (bicyclic) bond motifs is 1. The van der Waals surface area contributed by atoms with Crippen molar-refractivity contribution in [2.75, 3.05) is 11.4 Å². The van der Waals surface area contributed by atoms with Crippen molar-refractivity contribution in [1.29, 1.82) is 0 Å². The van der Waals surface area contributed by atoms with E-state index in [0.29, 0.717) is 29.8 Å². The van der Waals surface area contributed by atoms with Gasteiger partial charge < -0.3 is 25.0 Å². The third-order valence-corrected chi connectivity index (χ3v) is 6.44. The van der Waals surface area contributed by atoms with Crippen LogP contribution < -0.4 is 15.8 Å². The van der Waals surface area contributed by atoms with Crippen LogP contribution in [0.2, 0.25) is 0 Å². The van der Waals surface area contributed by atoms with Crippen LogP contribution in [0.4, 0.5) is 5.69 Å². The zero-order valence-corrected chi connectivity index (χ0v) is 19.2. The summed E-state index contributed by atoms with van der Waals surface area (Å²) in [5.41, 5.74) is 2.29. The Labute approximate surface area is 191 Å². The van der Waals surface area contributed by atoms with Gasteiger partial charge in [0.15, 0.2) is 0 Å². The maximum Gasteiger partial charge on any atom is 0.347 e. The molecule has 3 rings (SSSR count). The molecule has 0 saturated carbocycles. The highest BCUT2D eigenvalue weighted by Gasteiger charge is 2.28. The number of H-pyrrole nitrogens is 1. The van der Waals surface area contributed by atoms with Gasteiger partial charge in [-0.1, -0.05) is 18.9 Å². The van der Waals surface area contributed by atoms with E-state index in [-0.39, 0.29) is 17.5 Å². The molecule has 10 heteroatoms. The van der Waals surface area contributed by atoms with Crippen molar-refractivity contribution >= 4 is 30.1 Å². The van der Waals surface area contributed by atoms with Gasteiger partial charge >= 0.3 is 7.60 Å². The van der Waals surface area contributed by atoms with Gasteiger partial charge in [0.05, 0.1) is 17.4 Å². The number of rotatable bonds is 8. The predicted octanol–water partition coefficient (Wildman–Crippen LogP) is 2.51. The molecule has 9 nitrogen and oxygen atoms in total. The van der Waals surface area contributed by atoms with Crippen molar-refractivity contribution in [3.8, 4) is 12.3 Å². The third kappa shape index (κ3) is 5.88. The number of benzene rings is 2. The Kier molecular flexibility index (Phi) is 7.34. The SMILES string of the molecule is C#CCN(Cc1ccc2nc(C)[nH]c(=O)c2c1)c1ccc(C(=O)NC(CC)P(=O)(O)O)cc1. The van der Waals surface area contributed by atoms with E-state index in [4.69, 9.17) is 6.42 Å². The molecule has 2 aromatic carbocycles. The average molecular weight is 468 g/mol. The zero-order valence-electron chi connectivity index (χ0n) is 18.3. The summed E-state index contributed by atoms with van der Waals surface area (Å²) in [6, 6.07) is 12.0. The molecular weight excluding hydrogens is 443 g/mol. The number of hydrogen-bond acceptors (Lipinski definition) is 5. The first kappa shape index (κ1) is 24.2. The largest absolute Gasteiger partial charge is 0.356 e. The van der Waals surface area contributed by atoms with E-state index in [1.807, 2.05) is 11.0 Å². The Morgan fingerprint density at radius 3 is 2.58 bits per heavy atom. The second-order valence-corrected chi connectivity index (χ2v) is 9.40. The van der Waals surface area contributed by atoms with Gasteiger partial charge in [0.1, 0.15) is 11.6 Å². The number of carbonyl (C=O) groups is 1. The van der Waals surface area contributed by atoms with Crippen LogP contribution in [0.3, 0.4) is 0 Å². The summed E-state index contributed by atoms with van der Waals surface area (Å²) in [6.07, 6.45) is 5.65. The molecule has 0 fully saturated rings. The fourth-order valence-electron chi connectivity index (χ4n) is 3.45. The molecule has 1 unspecified atom stereocenters. The van der Waals surface area contributed by atoms with Crippen LogP contribution in [-0.4, -0.2) is 38.0 Å². The Balaban J connectivity index is 1.81. The summed E-state index contributed by atoms with van der Waals surface area (Å²) < 4.78 is 11.5. The molecule has 3 aromatic rings. The number of nitrogens with one attached hydrogen (secondary N) is 2. The molecule has 1 atom stereocenters. The molecular formula is C23H25N4O5P. The van der Waals surface area contributed by atoms with Gasteiger partial charge in [-0.25, -0.2) is 4.98 Å². The lowest BCUT2D eigenvalue weighted by Crippen LogP contribution is -2.34. The van der Waals surface area contributed by atoms with Gasteiger partial charge in [-0.15, -0.1) is 6.42 Å². The predicted molar refractivity (Wildman–Crippen MR) is 127 cm³/mol. The fourth-order valence-corrected chi connectivity index (χ4v) is 4.21. The minimum Gasteiger partial charge on any atom is -0.356 e. The van der Waals surface area contributed by atoms with Crippen LogP contribution in [0.25, 0.3) is 10.9 Å². The summed E-state index contributed by atoms with van der Waals surface area (Å²) in [5.74, 6) is 1.34. The minimum absolute atomic E-state index is 0.105. The first-order valence-corrected chi connectivity index (χ1v) is 11.9. The van der Waals surface area contributed by atoms with Crippen LogP contribution in [0.5, 0.6) is 0 Å². The van der Waals surface area contributed by atoms with E-state index in [0.717, 1.165) is 11.3 Å². The van der Waals surface area contributed by atoms with Crippen LogP contribution in [0.1, 0.15) is 35.1 Å². The lowest BCUT2D eigenvalue weighted by atomic mass is 10.1. The van der Waals surface area contributed by atoms with Gasteiger partial charge in [-0.2, -0.15) is 0 Å². The summed E-state index contributed by atoms with van der Waals surface area (Å²) >= 11 is 0. The lowest BCUT2D eigenvalue weighted by Gasteiger charge is -2.23. The number of anilines is 1. The number of carbonyl (C=O) groups excluding carboxylic acids is 1. The first-order valence-electron chi connectivity index (χ1n) is 10.3. The highest BCUT2D eigenvalue weighted by atomic mass is 31.2. The molecule has 0 spiro atoms. The molecule has 1 aromatic heterocycles. The van der Waals surface area contributed by atoms with Crippen molar-refractivity contribution in [1.82, 2.24) is 15.3 Å². The molecule has 0 aliphatic carbocycles. The zero-order chi connectivity index (χ0) is 24.2. The maximum atomic E-state index is 12.4. The van der Waals surface area contributed by atoms with E-state index >= 15 is 0 Å². The highest BCUT2D eigenvalue weighted by Crippen LogP contribution is 2.41. The number of aromatic amines is 1. The normalized spacial score (nSPS) is 12.2. The fraction of sp³-hybridized carbons (Fsp3) is 0.261. The van der Waals surface area contributed by atoms with Crippen molar-refractivity contribution < 1.29 is 19.1 Å². The second kappa shape index (κ2) is 10.0. The van der Waals surface area contributed by atoms with Gasteiger partial charge in [0.25, 0.3) is 11.5 Å². The topological polar surface area (TPSA) is 136 Å². The van der Waals surface area contributed by atoms with E-state index in [2.05, 4.69) is 21.2 Å². The molecule has 172 valence electrons. The van der Waals surface area contributed by atoms with Crippen molar-refractivity contribution in [3.63, 3.8) is 0 Å². The lowest BCUT2D eigenvalue weighted by molar-refractivity contribution is 0.0942. The molecule has 1 heterocycles. The third-order valence-electron chi connectivity index (χ3n) is 5.13. The Bertz CT molecular complexity index is 1310. The van der Waals surface area contributed by atoms with Crippen molar-refractivity contribution in [2.24, 2.45) is 0 Å². The van der Waals surface area contributed by atoms with Gasteiger partial charge in [0.2, 0.25) is 0 Å². The number of aromatic nitrogens is 2.